The van der Waals surface area contributed by atoms with E-state index in [1.54, 1.807) is 0 Å². The van der Waals surface area contributed by atoms with E-state index in [2.05, 4.69) is 88.4 Å². The molecule has 23 heavy (non-hydrogen) atoms. The predicted molar refractivity (Wildman–Crippen MR) is 101 cm³/mol. The van der Waals surface area contributed by atoms with Crippen molar-refractivity contribution in [3.8, 4) is 11.1 Å². The van der Waals surface area contributed by atoms with E-state index in [1.807, 2.05) is 11.8 Å². The van der Waals surface area contributed by atoms with Crippen molar-refractivity contribution in [1.29, 1.82) is 0 Å². The molecule has 0 saturated heterocycles. The van der Waals surface area contributed by atoms with Crippen LogP contribution < -0.4 is 0 Å². The first-order valence-electron chi connectivity index (χ1n) is 7.97. The van der Waals surface area contributed by atoms with Gasteiger partial charge in [-0.15, -0.1) is 0 Å². The van der Waals surface area contributed by atoms with Crippen LogP contribution >= 0.6 is 11.8 Å². The Balaban J connectivity index is 2.02. The van der Waals surface area contributed by atoms with Gasteiger partial charge in [-0.1, -0.05) is 60.3 Å². The Morgan fingerprint density at radius 1 is 0.522 bits per heavy atom. The van der Waals surface area contributed by atoms with Gasteiger partial charge in [0.25, 0.3) is 0 Å². The van der Waals surface area contributed by atoms with Gasteiger partial charge in [0.1, 0.15) is 0 Å². The summed E-state index contributed by atoms with van der Waals surface area (Å²) in [5.41, 5.74) is 8.08. The van der Waals surface area contributed by atoms with Gasteiger partial charge in [0, 0.05) is 9.79 Å². The summed E-state index contributed by atoms with van der Waals surface area (Å²) in [5, 5.41) is 0. The molecule has 3 rings (SSSR count). The zero-order chi connectivity index (χ0) is 16.4. The van der Waals surface area contributed by atoms with Crippen LogP contribution in [0.1, 0.15) is 22.3 Å². The van der Waals surface area contributed by atoms with Crippen LogP contribution in [0, 0.1) is 27.7 Å². The first-order valence-corrected chi connectivity index (χ1v) is 8.79. The summed E-state index contributed by atoms with van der Waals surface area (Å²) >= 11 is 1.86. The second-order valence-corrected chi connectivity index (χ2v) is 7.13. The Kier molecular flexibility index (Phi) is 4.58. The van der Waals surface area contributed by atoms with Crippen LogP contribution in [0.4, 0.5) is 0 Å². The minimum Gasteiger partial charge on any atom is -0.0895 e. The highest BCUT2D eigenvalue weighted by molar-refractivity contribution is 7.99. The van der Waals surface area contributed by atoms with Gasteiger partial charge >= 0.3 is 0 Å². The highest BCUT2D eigenvalue weighted by atomic mass is 32.2. The molecule has 1 heteroatoms. The molecule has 3 aromatic rings. The van der Waals surface area contributed by atoms with Gasteiger partial charge in [-0.3, -0.25) is 0 Å². The summed E-state index contributed by atoms with van der Waals surface area (Å²) in [6.07, 6.45) is 0. The smallest absolute Gasteiger partial charge is 0.0154 e. The van der Waals surface area contributed by atoms with Crippen molar-refractivity contribution in [2.75, 3.05) is 0 Å². The summed E-state index contributed by atoms with van der Waals surface area (Å²) < 4.78 is 0. The zero-order valence-corrected chi connectivity index (χ0v) is 15.0. The Hall–Kier alpha value is -1.99. The molecule has 0 fully saturated rings. The number of hydrogen-bond acceptors (Lipinski definition) is 1. The molecule has 0 bridgehead atoms. The van der Waals surface area contributed by atoms with E-state index >= 15 is 0 Å². The van der Waals surface area contributed by atoms with Crippen LogP contribution in [0.25, 0.3) is 11.1 Å². The van der Waals surface area contributed by atoms with Crippen molar-refractivity contribution in [2.24, 2.45) is 0 Å². The second kappa shape index (κ2) is 6.64. The molecule has 0 aliphatic heterocycles. The fraction of sp³-hybridized carbons (Fsp3) is 0.182. The monoisotopic (exact) mass is 318 g/mol. The van der Waals surface area contributed by atoms with E-state index < -0.39 is 0 Å². The lowest BCUT2D eigenvalue weighted by atomic mass is 9.94. The molecular formula is C22H22S. The average molecular weight is 318 g/mol. The van der Waals surface area contributed by atoms with Crippen molar-refractivity contribution in [2.45, 2.75) is 37.5 Å². The summed E-state index contributed by atoms with van der Waals surface area (Å²) in [5.74, 6) is 0. The Morgan fingerprint density at radius 3 is 1.87 bits per heavy atom. The molecule has 0 aromatic heterocycles. The summed E-state index contributed by atoms with van der Waals surface area (Å²) in [4.78, 5) is 2.67. The predicted octanol–water partition coefficient (Wildman–Crippen LogP) is 6.74. The third-order valence-corrected chi connectivity index (χ3v) is 5.83. The van der Waals surface area contributed by atoms with E-state index in [-0.39, 0.29) is 0 Å². The van der Waals surface area contributed by atoms with Gasteiger partial charge in [-0.05, 0) is 73.2 Å². The van der Waals surface area contributed by atoms with Crippen LogP contribution in [-0.2, 0) is 0 Å². The van der Waals surface area contributed by atoms with Gasteiger partial charge in [0.2, 0.25) is 0 Å². The quantitative estimate of drug-likeness (QED) is 0.515. The molecule has 0 spiro atoms. The normalized spacial score (nSPS) is 10.8. The van der Waals surface area contributed by atoms with Crippen molar-refractivity contribution in [3.63, 3.8) is 0 Å². The van der Waals surface area contributed by atoms with Gasteiger partial charge < -0.3 is 0 Å². The SMILES string of the molecule is Cc1ccccc1Sc1ccc(-c2ccccc2C)c(C)c1C. The Morgan fingerprint density at radius 2 is 1.17 bits per heavy atom. The van der Waals surface area contributed by atoms with Crippen LogP contribution in [-0.4, -0.2) is 0 Å². The van der Waals surface area contributed by atoms with Crippen LogP contribution in [0.5, 0.6) is 0 Å². The fourth-order valence-electron chi connectivity index (χ4n) is 2.86. The van der Waals surface area contributed by atoms with E-state index in [9.17, 15) is 0 Å². The van der Waals surface area contributed by atoms with E-state index in [1.165, 1.54) is 43.2 Å². The minimum absolute atomic E-state index is 1.33. The van der Waals surface area contributed by atoms with Crippen molar-refractivity contribution < 1.29 is 0 Å². The van der Waals surface area contributed by atoms with Crippen LogP contribution in [0.3, 0.4) is 0 Å². The molecule has 3 aromatic carbocycles. The van der Waals surface area contributed by atoms with Gasteiger partial charge in [0.05, 0.1) is 0 Å². The molecule has 0 aliphatic rings. The first kappa shape index (κ1) is 15.9. The number of aryl methyl sites for hydroxylation is 2. The molecule has 0 atom stereocenters. The molecule has 0 radical (unpaired) electrons. The van der Waals surface area contributed by atoms with Crippen molar-refractivity contribution in [3.05, 3.63) is 82.9 Å². The molecule has 0 saturated carbocycles. The van der Waals surface area contributed by atoms with Crippen molar-refractivity contribution >= 4 is 11.8 Å². The Labute approximate surface area is 143 Å². The summed E-state index contributed by atoms with van der Waals surface area (Å²) in [6, 6.07) is 21.7. The lowest BCUT2D eigenvalue weighted by Gasteiger charge is -2.15. The molecular weight excluding hydrogens is 296 g/mol. The fourth-order valence-corrected chi connectivity index (χ4v) is 3.92. The van der Waals surface area contributed by atoms with Gasteiger partial charge in [-0.2, -0.15) is 0 Å². The number of hydrogen-bond donors (Lipinski definition) is 0. The highest BCUT2D eigenvalue weighted by Gasteiger charge is 2.11. The third-order valence-electron chi connectivity index (χ3n) is 4.49. The lowest BCUT2D eigenvalue weighted by molar-refractivity contribution is 1.21. The molecule has 0 nitrogen and oxygen atoms in total. The summed E-state index contributed by atoms with van der Waals surface area (Å²) in [7, 11) is 0. The van der Waals surface area contributed by atoms with E-state index in [0.717, 1.165) is 0 Å². The number of benzene rings is 3. The Bertz CT molecular complexity index is 846. The van der Waals surface area contributed by atoms with Gasteiger partial charge in [-0.25, -0.2) is 0 Å². The lowest BCUT2D eigenvalue weighted by Crippen LogP contribution is -1.92. The average Bonchev–Trinajstić information content (AvgIpc) is 2.55. The maximum absolute atomic E-state index is 2.27. The molecule has 0 unspecified atom stereocenters. The van der Waals surface area contributed by atoms with E-state index in [0.29, 0.717) is 0 Å². The maximum Gasteiger partial charge on any atom is 0.0154 e. The molecule has 0 N–H and O–H groups in total. The molecule has 0 heterocycles. The van der Waals surface area contributed by atoms with E-state index in [4.69, 9.17) is 0 Å². The van der Waals surface area contributed by atoms with Crippen LogP contribution in [0.15, 0.2) is 70.5 Å². The van der Waals surface area contributed by atoms with Crippen LogP contribution in [0.2, 0.25) is 0 Å². The van der Waals surface area contributed by atoms with Crippen molar-refractivity contribution in [1.82, 2.24) is 0 Å². The second-order valence-electron chi connectivity index (χ2n) is 6.04. The highest BCUT2D eigenvalue weighted by Crippen LogP contribution is 2.37. The number of rotatable bonds is 3. The maximum atomic E-state index is 2.27. The minimum atomic E-state index is 1.33. The standard InChI is InChI=1S/C22H22S/c1-15-9-5-7-11-19(15)20-13-14-22(18(4)17(20)3)23-21-12-8-6-10-16(21)2/h5-14H,1-4H3. The van der Waals surface area contributed by atoms with Gasteiger partial charge in [0.15, 0.2) is 0 Å². The molecule has 0 aliphatic carbocycles. The summed E-state index contributed by atoms with van der Waals surface area (Å²) in [6.45, 7) is 8.82. The zero-order valence-electron chi connectivity index (χ0n) is 14.2. The first-order chi connectivity index (χ1) is 11.1. The third kappa shape index (κ3) is 3.20. The molecule has 116 valence electrons. The molecule has 0 amide bonds. The largest absolute Gasteiger partial charge is 0.0895 e. The topological polar surface area (TPSA) is 0 Å².